The molecule has 0 aromatic heterocycles. The van der Waals surface area contributed by atoms with Crippen molar-refractivity contribution in [2.75, 3.05) is 6.54 Å². The molecule has 1 fully saturated rings. The lowest BCUT2D eigenvalue weighted by molar-refractivity contribution is -0.188. The Kier molecular flexibility index (Phi) is 4.84. The number of nitrogens with one attached hydrogen (secondary N) is 1. The van der Waals surface area contributed by atoms with E-state index in [1.54, 1.807) is 0 Å². The van der Waals surface area contributed by atoms with Crippen LogP contribution in [-0.2, 0) is 0 Å². The molecule has 0 bridgehead atoms. The molecule has 1 rings (SSSR count). The van der Waals surface area contributed by atoms with Crippen LogP contribution in [-0.4, -0.2) is 18.8 Å². The molecule has 0 heterocycles. The lowest BCUT2D eigenvalue weighted by Gasteiger charge is -2.33. The average Bonchev–Trinajstić information content (AvgIpc) is 2.16. The molecule has 4 heteroatoms. The first kappa shape index (κ1) is 13.6. The predicted molar refractivity (Wildman–Crippen MR) is 59.2 cm³/mol. The van der Waals surface area contributed by atoms with Gasteiger partial charge in [0, 0.05) is 12.6 Å². The number of hydrogen-bond acceptors (Lipinski definition) is 1. The molecule has 16 heavy (non-hydrogen) atoms. The van der Waals surface area contributed by atoms with Crippen LogP contribution < -0.4 is 5.32 Å². The third-order valence-electron chi connectivity index (χ3n) is 3.08. The fourth-order valence-corrected chi connectivity index (χ4v) is 2.18. The van der Waals surface area contributed by atoms with E-state index in [0.717, 1.165) is 12.0 Å². The highest BCUT2D eigenvalue weighted by atomic mass is 19.4. The number of halogens is 3. The van der Waals surface area contributed by atoms with Gasteiger partial charge in [-0.2, -0.15) is 13.2 Å². The molecule has 94 valence electrons. The van der Waals surface area contributed by atoms with Crippen molar-refractivity contribution < 1.29 is 13.2 Å². The van der Waals surface area contributed by atoms with Crippen LogP contribution in [0.2, 0.25) is 0 Å². The highest BCUT2D eigenvalue weighted by Crippen LogP contribution is 2.37. The van der Waals surface area contributed by atoms with Crippen molar-refractivity contribution in [1.29, 1.82) is 0 Å². The maximum atomic E-state index is 12.7. The Morgan fingerprint density at radius 1 is 1.25 bits per heavy atom. The molecule has 2 atom stereocenters. The monoisotopic (exact) mass is 235 g/mol. The Hall–Kier alpha value is -0.510. The zero-order valence-corrected chi connectivity index (χ0v) is 9.90. The summed E-state index contributed by atoms with van der Waals surface area (Å²) in [7, 11) is 0. The fraction of sp³-hybridized carbons (Fsp3) is 0.833. The van der Waals surface area contributed by atoms with E-state index in [2.05, 4.69) is 5.32 Å². The standard InChI is InChI=1S/C12H20F3N/c1-9(2)7-8-16-11-6-4-3-5-10(11)12(13,14)15/h7,10-11,16H,3-6,8H2,1-2H3. The SMILES string of the molecule is CC(C)=CCNC1CCCCC1C(F)(F)F. The van der Waals surface area contributed by atoms with Crippen molar-refractivity contribution in [3.05, 3.63) is 11.6 Å². The van der Waals surface area contributed by atoms with E-state index in [-0.39, 0.29) is 6.42 Å². The molecule has 0 radical (unpaired) electrons. The first-order chi connectivity index (χ1) is 7.41. The second-order valence-corrected chi connectivity index (χ2v) is 4.73. The van der Waals surface area contributed by atoms with Crippen molar-refractivity contribution in [1.82, 2.24) is 5.32 Å². The summed E-state index contributed by atoms with van der Waals surface area (Å²) in [5.74, 6) is -1.16. The van der Waals surface area contributed by atoms with E-state index < -0.39 is 18.1 Å². The summed E-state index contributed by atoms with van der Waals surface area (Å²) in [6, 6.07) is -0.399. The van der Waals surface area contributed by atoms with Crippen molar-refractivity contribution in [3.63, 3.8) is 0 Å². The molecule has 0 saturated heterocycles. The Balaban J connectivity index is 2.51. The topological polar surface area (TPSA) is 12.0 Å². The van der Waals surface area contributed by atoms with Gasteiger partial charge < -0.3 is 5.32 Å². The molecule has 1 aliphatic carbocycles. The van der Waals surface area contributed by atoms with Gasteiger partial charge in [-0.15, -0.1) is 0 Å². The van der Waals surface area contributed by atoms with Crippen LogP contribution in [0.1, 0.15) is 39.5 Å². The molecular formula is C12H20F3N. The summed E-state index contributed by atoms with van der Waals surface area (Å²) < 4.78 is 38.2. The molecule has 0 spiro atoms. The Morgan fingerprint density at radius 3 is 2.44 bits per heavy atom. The molecule has 1 nitrogen and oxygen atoms in total. The van der Waals surface area contributed by atoms with Crippen LogP contribution in [0.5, 0.6) is 0 Å². The van der Waals surface area contributed by atoms with Gasteiger partial charge in [0.2, 0.25) is 0 Å². The van der Waals surface area contributed by atoms with Gasteiger partial charge >= 0.3 is 6.18 Å². The molecule has 2 unspecified atom stereocenters. The number of rotatable bonds is 3. The van der Waals surface area contributed by atoms with Crippen LogP contribution in [0, 0.1) is 5.92 Å². The minimum absolute atomic E-state index is 0.274. The van der Waals surface area contributed by atoms with Gasteiger partial charge in [-0.3, -0.25) is 0 Å². The van der Waals surface area contributed by atoms with Gasteiger partial charge in [0.15, 0.2) is 0 Å². The van der Waals surface area contributed by atoms with Crippen LogP contribution in [0.4, 0.5) is 13.2 Å². The smallest absolute Gasteiger partial charge is 0.310 e. The maximum absolute atomic E-state index is 12.7. The summed E-state index contributed by atoms with van der Waals surface area (Å²) in [4.78, 5) is 0. The molecule has 1 N–H and O–H groups in total. The van der Waals surface area contributed by atoms with Gasteiger partial charge in [-0.05, 0) is 26.7 Å². The first-order valence-electron chi connectivity index (χ1n) is 5.84. The molecule has 0 amide bonds. The molecule has 1 aliphatic rings. The number of hydrogen-bond donors (Lipinski definition) is 1. The lowest BCUT2D eigenvalue weighted by atomic mass is 9.84. The highest BCUT2D eigenvalue weighted by Gasteiger charge is 2.45. The minimum Gasteiger partial charge on any atom is -0.310 e. The van der Waals surface area contributed by atoms with E-state index >= 15 is 0 Å². The van der Waals surface area contributed by atoms with Crippen molar-refractivity contribution in [2.24, 2.45) is 5.92 Å². The molecule has 1 saturated carbocycles. The van der Waals surface area contributed by atoms with E-state index in [1.165, 1.54) is 0 Å². The zero-order valence-electron chi connectivity index (χ0n) is 9.90. The average molecular weight is 235 g/mol. The summed E-state index contributed by atoms with van der Waals surface area (Å²) in [5, 5.41) is 3.01. The number of alkyl halides is 3. The largest absolute Gasteiger partial charge is 0.393 e. The second kappa shape index (κ2) is 5.71. The van der Waals surface area contributed by atoms with Crippen molar-refractivity contribution in [2.45, 2.75) is 51.7 Å². The van der Waals surface area contributed by atoms with E-state index in [0.29, 0.717) is 19.4 Å². The highest BCUT2D eigenvalue weighted by molar-refractivity contribution is 4.96. The van der Waals surface area contributed by atoms with Crippen molar-refractivity contribution in [3.8, 4) is 0 Å². The minimum atomic E-state index is -4.05. The predicted octanol–water partition coefficient (Wildman–Crippen LogP) is 3.66. The van der Waals surface area contributed by atoms with E-state index in [1.807, 2.05) is 19.9 Å². The third-order valence-corrected chi connectivity index (χ3v) is 3.08. The maximum Gasteiger partial charge on any atom is 0.393 e. The molecular weight excluding hydrogens is 215 g/mol. The Labute approximate surface area is 95.1 Å². The summed E-state index contributed by atoms with van der Waals surface area (Å²) in [6.07, 6.45) is 0.395. The summed E-state index contributed by atoms with van der Waals surface area (Å²) >= 11 is 0. The zero-order chi connectivity index (χ0) is 12.2. The number of allylic oxidation sites excluding steroid dienone is 1. The fourth-order valence-electron chi connectivity index (χ4n) is 2.18. The molecule has 0 aliphatic heterocycles. The quantitative estimate of drug-likeness (QED) is 0.736. The third kappa shape index (κ3) is 4.16. The van der Waals surface area contributed by atoms with Gasteiger partial charge in [0.05, 0.1) is 5.92 Å². The van der Waals surface area contributed by atoms with Gasteiger partial charge in [-0.25, -0.2) is 0 Å². The van der Waals surface area contributed by atoms with Gasteiger partial charge in [0.25, 0.3) is 0 Å². The normalized spacial score (nSPS) is 26.6. The van der Waals surface area contributed by atoms with Crippen LogP contribution in [0.3, 0.4) is 0 Å². The Bertz CT molecular complexity index is 241. The van der Waals surface area contributed by atoms with Crippen LogP contribution >= 0.6 is 0 Å². The van der Waals surface area contributed by atoms with Crippen LogP contribution in [0.25, 0.3) is 0 Å². The Morgan fingerprint density at radius 2 is 1.88 bits per heavy atom. The van der Waals surface area contributed by atoms with E-state index in [9.17, 15) is 13.2 Å². The van der Waals surface area contributed by atoms with Gasteiger partial charge in [0.1, 0.15) is 0 Å². The second-order valence-electron chi connectivity index (χ2n) is 4.73. The van der Waals surface area contributed by atoms with Crippen LogP contribution in [0.15, 0.2) is 11.6 Å². The first-order valence-corrected chi connectivity index (χ1v) is 5.84. The van der Waals surface area contributed by atoms with Crippen molar-refractivity contribution >= 4 is 0 Å². The molecule has 0 aromatic rings. The van der Waals surface area contributed by atoms with E-state index in [4.69, 9.17) is 0 Å². The lowest BCUT2D eigenvalue weighted by Crippen LogP contribution is -2.45. The summed E-state index contributed by atoms with van der Waals surface area (Å²) in [6.45, 7) is 4.44. The summed E-state index contributed by atoms with van der Waals surface area (Å²) in [5.41, 5.74) is 1.13. The molecule has 0 aromatic carbocycles. The van der Waals surface area contributed by atoms with Gasteiger partial charge in [-0.1, -0.05) is 24.5 Å².